The van der Waals surface area contributed by atoms with Gasteiger partial charge in [-0.25, -0.2) is 4.98 Å². The van der Waals surface area contributed by atoms with E-state index in [1.165, 1.54) is 6.07 Å². The SMILES string of the molecule is N#CC1(NC(=O)C(Cc2nc3ccc(Br)cc3o2)NC(=O)c2cccc(Cl)c2)CC1. The Hall–Kier alpha value is -2.89. The van der Waals surface area contributed by atoms with E-state index in [1.54, 1.807) is 30.3 Å². The molecule has 1 saturated carbocycles. The molecule has 0 aliphatic heterocycles. The quantitative estimate of drug-likeness (QED) is 0.550. The highest BCUT2D eigenvalue weighted by Crippen LogP contribution is 2.34. The second-order valence-electron chi connectivity index (χ2n) is 7.14. The number of fused-ring (bicyclic) bond motifs is 1. The lowest BCUT2D eigenvalue weighted by Gasteiger charge is -2.19. The van der Waals surface area contributed by atoms with Gasteiger partial charge in [-0.05, 0) is 49.2 Å². The van der Waals surface area contributed by atoms with E-state index in [2.05, 4.69) is 37.6 Å². The summed E-state index contributed by atoms with van der Waals surface area (Å²) >= 11 is 9.34. The molecule has 0 bridgehead atoms. The first-order chi connectivity index (χ1) is 14.4. The number of rotatable bonds is 6. The summed E-state index contributed by atoms with van der Waals surface area (Å²) in [4.78, 5) is 30.0. The fourth-order valence-electron chi connectivity index (χ4n) is 3.00. The van der Waals surface area contributed by atoms with Crippen molar-refractivity contribution in [2.75, 3.05) is 0 Å². The minimum absolute atomic E-state index is 0.0337. The number of halogens is 2. The maximum absolute atomic E-state index is 12.9. The van der Waals surface area contributed by atoms with E-state index < -0.39 is 23.4 Å². The third-order valence-corrected chi connectivity index (χ3v) is 5.54. The fraction of sp³-hybridized carbons (Fsp3) is 0.238. The molecule has 4 rings (SSSR count). The lowest BCUT2D eigenvalue weighted by Crippen LogP contribution is -2.51. The van der Waals surface area contributed by atoms with Gasteiger partial charge in [-0.1, -0.05) is 33.6 Å². The molecule has 1 aliphatic rings. The Morgan fingerprint density at radius 3 is 2.80 bits per heavy atom. The number of hydrogen-bond donors (Lipinski definition) is 2. The number of oxazole rings is 1. The predicted molar refractivity (Wildman–Crippen MR) is 114 cm³/mol. The van der Waals surface area contributed by atoms with Crippen molar-refractivity contribution in [2.45, 2.75) is 30.8 Å². The molecule has 3 aromatic rings. The van der Waals surface area contributed by atoms with Crippen molar-refractivity contribution in [3.8, 4) is 6.07 Å². The van der Waals surface area contributed by atoms with Gasteiger partial charge >= 0.3 is 0 Å². The molecular formula is C21H16BrClN4O3. The monoisotopic (exact) mass is 486 g/mol. The minimum atomic E-state index is -0.973. The zero-order chi connectivity index (χ0) is 21.3. The molecule has 7 nitrogen and oxygen atoms in total. The number of hydrogen-bond acceptors (Lipinski definition) is 5. The Morgan fingerprint density at radius 1 is 1.30 bits per heavy atom. The van der Waals surface area contributed by atoms with Gasteiger partial charge in [0, 0.05) is 15.1 Å². The van der Waals surface area contributed by atoms with Crippen LogP contribution in [0.4, 0.5) is 0 Å². The van der Waals surface area contributed by atoms with E-state index in [-0.39, 0.29) is 6.42 Å². The van der Waals surface area contributed by atoms with Gasteiger partial charge < -0.3 is 15.1 Å². The second-order valence-corrected chi connectivity index (χ2v) is 8.50. The van der Waals surface area contributed by atoms with E-state index in [4.69, 9.17) is 16.0 Å². The molecule has 0 saturated heterocycles. The van der Waals surface area contributed by atoms with E-state index in [0.717, 1.165) is 4.47 Å². The Labute approximate surface area is 185 Å². The first-order valence-electron chi connectivity index (χ1n) is 9.22. The number of nitrogens with one attached hydrogen (secondary N) is 2. The number of carbonyl (C=O) groups excluding carboxylic acids is 2. The average molecular weight is 488 g/mol. The molecule has 1 aromatic heterocycles. The third kappa shape index (κ3) is 4.48. The van der Waals surface area contributed by atoms with Crippen LogP contribution in [0.25, 0.3) is 11.1 Å². The van der Waals surface area contributed by atoms with Crippen molar-refractivity contribution in [2.24, 2.45) is 0 Å². The second kappa shape index (κ2) is 8.09. The third-order valence-electron chi connectivity index (χ3n) is 4.81. The molecule has 2 amide bonds. The van der Waals surface area contributed by atoms with Gasteiger partial charge in [0.25, 0.3) is 5.91 Å². The zero-order valence-corrected chi connectivity index (χ0v) is 18.0. The molecule has 1 heterocycles. The van der Waals surface area contributed by atoms with Crippen molar-refractivity contribution in [1.29, 1.82) is 5.26 Å². The van der Waals surface area contributed by atoms with Crippen molar-refractivity contribution in [3.63, 3.8) is 0 Å². The lowest BCUT2D eigenvalue weighted by molar-refractivity contribution is -0.123. The van der Waals surface area contributed by atoms with Gasteiger partial charge in [0.05, 0.1) is 12.5 Å². The van der Waals surface area contributed by atoms with Crippen LogP contribution in [0.2, 0.25) is 5.02 Å². The molecule has 152 valence electrons. The Kier molecular flexibility index (Phi) is 5.50. The molecule has 0 spiro atoms. The van der Waals surface area contributed by atoms with E-state index >= 15 is 0 Å². The highest BCUT2D eigenvalue weighted by molar-refractivity contribution is 9.10. The van der Waals surface area contributed by atoms with Crippen LogP contribution in [0.15, 0.2) is 51.4 Å². The van der Waals surface area contributed by atoms with Gasteiger partial charge in [0.1, 0.15) is 17.1 Å². The van der Waals surface area contributed by atoms with Crippen molar-refractivity contribution >= 4 is 50.4 Å². The number of nitrogens with zero attached hydrogens (tertiary/aromatic N) is 2. The Bertz CT molecular complexity index is 1180. The Balaban J connectivity index is 1.58. The summed E-state index contributed by atoms with van der Waals surface area (Å²) < 4.78 is 6.59. The molecule has 9 heteroatoms. The molecule has 30 heavy (non-hydrogen) atoms. The fourth-order valence-corrected chi connectivity index (χ4v) is 3.53. The molecule has 2 N–H and O–H groups in total. The average Bonchev–Trinajstić information content (AvgIpc) is 3.38. The standard InChI is InChI=1S/C21H16BrClN4O3/c22-13-4-5-15-17(9-13)30-18(25-15)10-16(20(29)27-21(11-24)6-7-21)26-19(28)12-2-1-3-14(23)8-12/h1-5,8-9,16H,6-7,10H2,(H,26,28)(H,27,29). The summed E-state index contributed by atoms with van der Waals surface area (Å²) in [7, 11) is 0. The zero-order valence-electron chi connectivity index (χ0n) is 15.6. The van der Waals surface area contributed by atoms with Crippen LogP contribution < -0.4 is 10.6 Å². The van der Waals surface area contributed by atoms with Gasteiger partial charge in [0.15, 0.2) is 11.5 Å². The van der Waals surface area contributed by atoms with Crippen LogP contribution in [-0.4, -0.2) is 28.4 Å². The van der Waals surface area contributed by atoms with E-state index in [1.807, 2.05) is 6.07 Å². The van der Waals surface area contributed by atoms with Crippen LogP contribution >= 0.6 is 27.5 Å². The summed E-state index contributed by atoms with van der Waals surface area (Å²) in [5.41, 5.74) is 0.672. The van der Waals surface area contributed by atoms with Gasteiger partial charge in [-0.2, -0.15) is 5.26 Å². The van der Waals surface area contributed by atoms with Crippen molar-refractivity contribution in [3.05, 3.63) is 63.4 Å². The molecule has 2 aromatic carbocycles. The Morgan fingerprint density at radius 2 is 2.10 bits per heavy atom. The van der Waals surface area contributed by atoms with Gasteiger partial charge in [-0.15, -0.1) is 0 Å². The van der Waals surface area contributed by atoms with Crippen molar-refractivity contribution < 1.29 is 14.0 Å². The number of nitriles is 1. The highest BCUT2D eigenvalue weighted by Gasteiger charge is 2.45. The van der Waals surface area contributed by atoms with Crippen LogP contribution in [0.1, 0.15) is 29.1 Å². The largest absolute Gasteiger partial charge is 0.441 e. The normalized spacial score (nSPS) is 15.2. The van der Waals surface area contributed by atoms with Crippen LogP contribution in [0.3, 0.4) is 0 Å². The van der Waals surface area contributed by atoms with Gasteiger partial charge in [0.2, 0.25) is 5.91 Å². The summed E-state index contributed by atoms with van der Waals surface area (Å²) in [6.07, 6.45) is 1.20. The van der Waals surface area contributed by atoms with Gasteiger partial charge in [-0.3, -0.25) is 9.59 Å². The lowest BCUT2D eigenvalue weighted by atomic mass is 10.1. The van der Waals surface area contributed by atoms with Crippen molar-refractivity contribution in [1.82, 2.24) is 15.6 Å². The van der Waals surface area contributed by atoms with Crippen LogP contribution in [-0.2, 0) is 11.2 Å². The summed E-state index contributed by atoms with van der Waals surface area (Å²) in [6, 6.07) is 13.0. The molecule has 1 fully saturated rings. The van der Waals surface area contributed by atoms with E-state index in [0.29, 0.717) is 40.4 Å². The molecule has 0 radical (unpaired) electrons. The number of amides is 2. The highest BCUT2D eigenvalue weighted by atomic mass is 79.9. The summed E-state index contributed by atoms with van der Waals surface area (Å²) in [6.45, 7) is 0. The smallest absolute Gasteiger partial charge is 0.251 e. The number of aromatic nitrogens is 1. The first kappa shape index (κ1) is 20.4. The molecule has 1 unspecified atom stereocenters. The van der Waals surface area contributed by atoms with Crippen LogP contribution in [0, 0.1) is 11.3 Å². The summed E-state index contributed by atoms with van der Waals surface area (Å²) in [5, 5.41) is 15.1. The van der Waals surface area contributed by atoms with E-state index in [9.17, 15) is 14.9 Å². The maximum atomic E-state index is 12.9. The van der Waals surface area contributed by atoms with Crippen LogP contribution in [0.5, 0.6) is 0 Å². The maximum Gasteiger partial charge on any atom is 0.251 e. The molecule has 1 atom stereocenters. The number of carbonyl (C=O) groups is 2. The summed E-state index contributed by atoms with van der Waals surface area (Å²) in [5.74, 6) is -0.623. The minimum Gasteiger partial charge on any atom is -0.441 e. The molecule has 1 aliphatic carbocycles. The molecular weight excluding hydrogens is 472 g/mol. The topological polar surface area (TPSA) is 108 Å². The first-order valence-corrected chi connectivity index (χ1v) is 10.4. The number of benzene rings is 2. The predicted octanol–water partition coefficient (Wildman–Crippen LogP) is 3.76.